The van der Waals surface area contributed by atoms with E-state index in [1.54, 1.807) is 35.0 Å². The number of aromatic nitrogens is 1. The van der Waals surface area contributed by atoms with Crippen LogP contribution in [0, 0.1) is 5.82 Å². The van der Waals surface area contributed by atoms with E-state index in [9.17, 15) is 23.6 Å². The van der Waals surface area contributed by atoms with E-state index in [1.807, 2.05) is 0 Å². The van der Waals surface area contributed by atoms with E-state index in [-0.39, 0.29) is 17.8 Å². The summed E-state index contributed by atoms with van der Waals surface area (Å²) >= 11 is 0. The number of carbonyl (C=O) groups excluding carboxylic acids is 4. The number of para-hydroxylation sites is 2. The topological polar surface area (TPSA) is 114 Å². The predicted octanol–water partition coefficient (Wildman–Crippen LogP) is 1.93. The van der Waals surface area contributed by atoms with Crippen LogP contribution in [-0.4, -0.2) is 28.3 Å². The maximum atomic E-state index is 14.2. The van der Waals surface area contributed by atoms with Gasteiger partial charge in [-0.2, -0.15) is 0 Å². The van der Waals surface area contributed by atoms with E-state index in [2.05, 4.69) is 5.32 Å². The molecule has 0 unspecified atom stereocenters. The quantitative estimate of drug-likeness (QED) is 0.509. The molecule has 30 heavy (non-hydrogen) atoms. The number of amides is 5. The van der Waals surface area contributed by atoms with E-state index in [0.717, 1.165) is 6.07 Å². The van der Waals surface area contributed by atoms with Crippen LogP contribution in [0.25, 0.3) is 17.0 Å². The smallest absolute Gasteiger partial charge is 0.336 e. The van der Waals surface area contributed by atoms with Gasteiger partial charge in [0.1, 0.15) is 17.9 Å². The van der Waals surface area contributed by atoms with Crippen molar-refractivity contribution in [2.24, 2.45) is 5.73 Å². The lowest BCUT2D eigenvalue weighted by Gasteiger charge is -2.26. The summed E-state index contributed by atoms with van der Waals surface area (Å²) in [6.07, 6.45) is 2.88. The second-order valence-electron chi connectivity index (χ2n) is 6.61. The molecule has 1 saturated heterocycles. The highest BCUT2D eigenvalue weighted by Crippen LogP contribution is 2.27. The fourth-order valence-electron chi connectivity index (χ4n) is 3.35. The van der Waals surface area contributed by atoms with Crippen molar-refractivity contribution >= 4 is 46.4 Å². The number of nitrogens with zero attached hydrogens (tertiary/aromatic N) is 2. The van der Waals surface area contributed by atoms with Crippen molar-refractivity contribution in [2.75, 3.05) is 4.90 Å². The summed E-state index contributed by atoms with van der Waals surface area (Å²) in [5, 5.41) is 2.72. The number of fused-ring (bicyclic) bond motifs is 1. The normalized spacial score (nSPS) is 15.7. The van der Waals surface area contributed by atoms with E-state index in [0.29, 0.717) is 21.4 Å². The first-order valence-corrected chi connectivity index (χ1v) is 8.89. The summed E-state index contributed by atoms with van der Waals surface area (Å²) in [6.45, 7) is -0.0936. The van der Waals surface area contributed by atoms with Gasteiger partial charge in [-0.05, 0) is 24.3 Å². The van der Waals surface area contributed by atoms with Crippen molar-refractivity contribution in [2.45, 2.75) is 6.54 Å². The number of anilines is 1. The first-order chi connectivity index (χ1) is 14.4. The standard InChI is InChI=1S/C21H15FN4O4/c22-15-6-2-4-8-17(15)26-20(29)14(19(28)24-21(26)30)9-12-10-25(11-18(23)27)16-7-3-1-5-13(12)16/h1-10H,11H2,(H2,23,27)(H,24,28,30)/b14-9+. The van der Waals surface area contributed by atoms with E-state index in [1.165, 1.54) is 24.3 Å². The number of rotatable bonds is 4. The zero-order valence-electron chi connectivity index (χ0n) is 15.5. The molecule has 2 aromatic carbocycles. The van der Waals surface area contributed by atoms with Gasteiger partial charge in [-0.25, -0.2) is 14.1 Å². The lowest BCUT2D eigenvalue weighted by atomic mass is 10.1. The highest BCUT2D eigenvalue weighted by Gasteiger charge is 2.38. The van der Waals surface area contributed by atoms with Crippen LogP contribution in [0.2, 0.25) is 0 Å². The molecule has 0 atom stereocenters. The minimum atomic E-state index is -1.04. The number of nitrogens with two attached hydrogens (primary N) is 1. The van der Waals surface area contributed by atoms with Crippen LogP contribution in [0.15, 0.2) is 60.3 Å². The highest BCUT2D eigenvalue weighted by atomic mass is 19.1. The molecule has 5 amide bonds. The third-order valence-electron chi connectivity index (χ3n) is 4.64. The Balaban J connectivity index is 1.82. The Morgan fingerprint density at radius 3 is 2.50 bits per heavy atom. The molecule has 3 N–H and O–H groups in total. The van der Waals surface area contributed by atoms with E-state index in [4.69, 9.17) is 5.73 Å². The van der Waals surface area contributed by atoms with Crippen molar-refractivity contribution in [3.8, 4) is 0 Å². The molecule has 4 rings (SSSR count). The largest absolute Gasteiger partial charge is 0.368 e. The monoisotopic (exact) mass is 406 g/mol. The van der Waals surface area contributed by atoms with Crippen LogP contribution in [0.4, 0.5) is 14.9 Å². The third kappa shape index (κ3) is 3.22. The molecule has 150 valence electrons. The maximum absolute atomic E-state index is 14.2. The molecule has 1 aliphatic heterocycles. The van der Waals surface area contributed by atoms with Gasteiger partial charge >= 0.3 is 6.03 Å². The number of imide groups is 2. The Morgan fingerprint density at radius 2 is 1.77 bits per heavy atom. The number of halogens is 1. The molecular formula is C21H15FN4O4. The van der Waals surface area contributed by atoms with Crippen molar-refractivity contribution in [3.05, 3.63) is 71.7 Å². The molecule has 8 nitrogen and oxygen atoms in total. The summed E-state index contributed by atoms with van der Waals surface area (Å²) in [5.41, 5.74) is 5.82. The molecule has 0 aliphatic carbocycles. The zero-order valence-corrected chi connectivity index (χ0v) is 15.5. The van der Waals surface area contributed by atoms with Gasteiger partial charge < -0.3 is 10.3 Å². The van der Waals surface area contributed by atoms with Gasteiger partial charge in [0, 0.05) is 22.7 Å². The molecular weight excluding hydrogens is 391 g/mol. The predicted molar refractivity (Wildman–Crippen MR) is 107 cm³/mol. The fourth-order valence-corrected chi connectivity index (χ4v) is 3.35. The number of nitrogens with one attached hydrogen (secondary N) is 1. The van der Waals surface area contributed by atoms with Crippen LogP contribution >= 0.6 is 0 Å². The van der Waals surface area contributed by atoms with Gasteiger partial charge in [-0.15, -0.1) is 0 Å². The van der Waals surface area contributed by atoms with Crippen LogP contribution < -0.4 is 16.0 Å². The van der Waals surface area contributed by atoms with E-state index < -0.39 is 29.6 Å². The number of barbiturate groups is 1. The first kappa shape index (κ1) is 19.1. The second kappa shape index (κ2) is 7.28. The Bertz CT molecular complexity index is 1260. The van der Waals surface area contributed by atoms with Crippen molar-refractivity contribution in [1.29, 1.82) is 0 Å². The maximum Gasteiger partial charge on any atom is 0.336 e. The number of benzene rings is 2. The second-order valence-corrected chi connectivity index (χ2v) is 6.61. The number of carbonyl (C=O) groups is 4. The lowest BCUT2D eigenvalue weighted by molar-refractivity contribution is -0.122. The number of hydrogen-bond acceptors (Lipinski definition) is 4. The van der Waals surface area contributed by atoms with Gasteiger partial charge in [0.05, 0.1) is 5.69 Å². The van der Waals surface area contributed by atoms with Gasteiger partial charge in [0.25, 0.3) is 11.8 Å². The molecule has 0 spiro atoms. The van der Waals surface area contributed by atoms with Crippen LogP contribution in [0.3, 0.4) is 0 Å². The molecule has 1 aromatic heterocycles. The average molecular weight is 406 g/mol. The molecule has 0 bridgehead atoms. The SMILES string of the molecule is NC(=O)Cn1cc(/C=C2\C(=O)NC(=O)N(c3ccccc3F)C2=O)c2ccccc21. The van der Waals surface area contributed by atoms with Gasteiger partial charge in [0.15, 0.2) is 0 Å². The summed E-state index contributed by atoms with van der Waals surface area (Å²) in [7, 11) is 0. The summed E-state index contributed by atoms with van der Waals surface area (Å²) < 4.78 is 15.8. The molecule has 3 aromatic rings. The van der Waals surface area contributed by atoms with Crippen molar-refractivity contribution in [3.63, 3.8) is 0 Å². The Labute approximate surface area is 169 Å². The zero-order chi connectivity index (χ0) is 21.4. The number of hydrogen-bond donors (Lipinski definition) is 2. The van der Waals surface area contributed by atoms with Crippen molar-refractivity contribution < 1.29 is 23.6 Å². The van der Waals surface area contributed by atoms with Crippen molar-refractivity contribution in [1.82, 2.24) is 9.88 Å². The minimum Gasteiger partial charge on any atom is -0.368 e. The average Bonchev–Trinajstić information content (AvgIpc) is 3.03. The van der Waals surface area contributed by atoms with Gasteiger partial charge in [0.2, 0.25) is 5.91 Å². The lowest BCUT2D eigenvalue weighted by Crippen LogP contribution is -2.54. The Morgan fingerprint density at radius 1 is 1.07 bits per heavy atom. The van der Waals surface area contributed by atoms with Crippen LogP contribution in [0.1, 0.15) is 5.56 Å². The first-order valence-electron chi connectivity index (χ1n) is 8.89. The summed E-state index contributed by atoms with van der Waals surface area (Å²) in [6, 6.07) is 11.3. The molecule has 2 heterocycles. The Kier molecular flexibility index (Phi) is 4.63. The summed E-state index contributed by atoms with van der Waals surface area (Å²) in [4.78, 5) is 49.5. The molecule has 1 aliphatic rings. The Hall–Kier alpha value is -4.27. The third-order valence-corrected chi connectivity index (χ3v) is 4.64. The molecule has 1 fully saturated rings. The number of primary amides is 1. The number of urea groups is 1. The van der Waals surface area contributed by atoms with Gasteiger partial charge in [-0.1, -0.05) is 30.3 Å². The van der Waals surface area contributed by atoms with Crippen LogP contribution in [0.5, 0.6) is 0 Å². The van der Waals surface area contributed by atoms with Gasteiger partial charge in [-0.3, -0.25) is 19.7 Å². The van der Waals surface area contributed by atoms with Crippen LogP contribution in [-0.2, 0) is 20.9 Å². The molecule has 9 heteroatoms. The highest BCUT2D eigenvalue weighted by molar-refractivity contribution is 6.39. The fraction of sp³-hybridized carbons (Fsp3) is 0.0476. The summed E-state index contributed by atoms with van der Waals surface area (Å²) in [5.74, 6) is -3.20. The minimum absolute atomic E-state index is 0.0936. The molecule has 0 radical (unpaired) electrons. The molecule has 0 saturated carbocycles. The van der Waals surface area contributed by atoms with E-state index >= 15 is 0 Å².